The number of rotatable bonds is 3. The van der Waals surface area contributed by atoms with Crippen molar-refractivity contribution in [1.82, 2.24) is 14.6 Å². The van der Waals surface area contributed by atoms with Crippen LogP contribution in [0.25, 0.3) is 11.8 Å². The maximum Gasteiger partial charge on any atom is 0.283 e. The standard InChI is InChI=1S/C23H18N6O2S/c1-13-11-16(14(2)28(13)17-3-5-18(30)6-4-17)12-19-20(24)29-23(26-21(19)31)32-22(27-29)15-7-9-25-10-8-15/h3-12,24,30H,1-2H3. The van der Waals surface area contributed by atoms with Gasteiger partial charge in [0.05, 0.1) is 5.57 Å². The zero-order chi connectivity index (χ0) is 22.4. The molecule has 2 N–H and O–H groups in total. The van der Waals surface area contributed by atoms with E-state index in [1.54, 1.807) is 30.6 Å². The van der Waals surface area contributed by atoms with Crippen molar-refractivity contribution in [2.24, 2.45) is 10.1 Å². The first-order valence-corrected chi connectivity index (χ1v) is 10.6. The fourth-order valence-electron chi connectivity index (χ4n) is 3.69. The number of phenolic OH excluding ortho intramolecular Hbond substituents is 1. The number of carbonyl (C=O) groups is 1. The molecule has 0 saturated heterocycles. The number of hydrogen-bond acceptors (Lipinski definition) is 6. The molecule has 8 nitrogen and oxygen atoms in total. The van der Waals surface area contributed by atoms with Gasteiger partial charge in [0.15, 0.2) is 5.84 Å². The van der Waals surface area contributed by atoms with Gasteiger partial charge in [-0.3, -0.25) is 15.2 Å². The van der Waals surface area contributed by atoms with Crippen LogP contribution >= 0.6 is 11.8 Å². The first-order valence-electron chi connectivity index (χ1n) is 9.81. The van der Waals surface area contributed by atoms with Crippen molar-refractivity contribution in [3.63, 3.8) is 0 Å². The Balaban J connectivity index is 1.51. The molecule has 0 aliphatic carbocycles. The smallest absolute Gasteiger partial charge is 0.283 e. The zero-order valence-corrected chi connectivity index (χ0v) is 18.1. The van der Waals surface area contributed by atoms with Crippen LogP contribution in [0.1, 0.15) is 22.5 Å². The molecule has 1 amide bonds. The molecule has 2 aromatic heterocycles. The molecule has 0 radical (unpaired) electrons. The Morgan fingerprint density at radius 1 is 1.09 bits per heavy atom. The minimum absolute atomic E-state index is 0.00834. The monoisotopic (exact) mass is 442 g/mol. The van der Waals surface area contributed by atoms with Gasteiger partial charge in [0.2, 0.25) is 5.17 Å². The summed E-state index contributed by atoms with van der Waals surface area (Å²) < 4.78 is 2.03. The lowest BCUT2D eigenvalue weighted by molar-refractivity contribution is -0.114. The van der Waals surface area contributed by atoms with Crippen LogP contribution in [0.3, 0.4) is 0 Å². The molecule has 158 valence electrons. The third-order valence-electron chi connectivity index (χ3n) is 5.26. The summed E-state index contributed by atoms with van der Waals surface area (Å²) in [5.41, 5.74) is 4.62. The summed E-state index contributed by atoms with van der Waals surface area (Å²) in [5.74, 6) is -0.274. The molecule has 2 aliphatic rings. The summed E-state index contributed by atoms with van der Waals surface area (Å²) in [5, 5.41) is 25.1. The van der Waals surface area contributed by atoms with Crippen molar-refractivity contribution in [2.75, 3.05) is 0 Å². The van der Waals surface area contributed by atoms with Crippen molar-refractivity contribution < 1.29 is 9.90 Å². The molecule has 1 aromatic carbocycles. The summed E-state index contributed by atoms with van der Waals surface area (Å²) in [6, 6.07) is 12.5. The molecule has 0 spiro atoms. The van der Waals surface area contributed by atoms with Gasteiger partial charge in [0.1, 0.15) is 10.8 Å². The maximum absolute atomic E-state index is 12.8. The van der Waals surface area contributed by atoms with E-state index in [1.165, 1.54) is 16.8 Å². The van der Waals surface area contributed by atoms with E-state index >= 15 is 0 Å². The van der Waals surface area contributed by atoms with Crippen LogP contribution < -0.4 is 0 Å². The number of aryl methyl sites for hydroxylation is 1. The first-order chi connectivity index (χ1) is 15.4. The van der Waals surface area contributed by atoms with E-state index in [0.29, 0.717) is 10.2 Å². The topological polar surface area (TPSA) is 107 Å². The van der Waals surface area contributed by atoms with Crippen LogP contribution in [0.4, 0.5) is 0 Å². The van der Waals surface area contributed by atoms with Gasteiger partial charge in [0, 0.05) is 35.0 Å². The molecule has 32 heavy (non-hydrogen) atoms. The molecular formula is C23H18N6O2S. The number of aliphatic imine (C=N–C) groups is 1. The quantitative estimate of drug-likeness (QED) is 0.599. The van der Waals surface area contributed by atoms with Gasteiger partial charge in [-0.2, -0.15) is 15.1 Å². The Morgan fingerprint density at radius 2 is 1.81 bits per heavy atom. The highest BCUT2D eigenvalue weighted by atomic mass is 32.2. The minimum atomic E-state index is -0.464. The molecule has 0 unspecified atom stereocenters. The first kappa shape index (κ1) is 20.0. The second-order valence-corrected chi connectivity index (χ2v) is 8.30. The molecule has 4 heterocycles. The van der Waals surface area contributed by atoms with Crippen LogP contribution in [0.15, 0.2) is 70.5 Å². The SMILES string of the molecule is Cc1cc(C=C2C(=N)N3N=C(c4ccncc4)SC3=NC2=O)c(C)n1-c1ccc(O)cc1. The van der Waals surface area contributed by atoms with Crippen molar-refractivity contribution in [3.8, 4) is 11.4 Å². The van der Waals surface area contributed by atoms with E-state index < -0.39 is 5.91 Å². The van der Waals surface area contributed by atoms with Crippen LogP contribution in [-0.4, -0.2) is 41.6 Å². The third kappa shape index (κ3) is 3.32. The van der Waals surface area contributed by atoms with Gasteiger partial charge in [-0.25, -0.2) is 0 Å². The number of amidine groups is 2. The van der Waals surface area contributed by atoms with Crippen molar-refractivity contribution in [3.05, 3.63) is 82.9 Å². The minimum Gasteiger partial charge on any atom is -0.508 e. The number of benzene rings is 1. The van der Waals surface area contributed by atoms with Crippen molar-refractivity contribution >= 4 is 39.8 Å². The molecule has 0 saturated carbocycles. The molecule has 5 rings (SSSR count). The van der Waals surface area contributed by atoms with Crippen LogP contribution in [0, 0.1) is 19.3 Å². The summed E-state index contributed by atoms with van der Waals surface area (Å²) >= 11 is 1.26. The fraction of sp³-hybridized carbons (Fsp3) is 0.0870. The number of carbonyl (C=O) groups excluding carboxylic acids is 1. The van der Waals surface area contributed by atoms with E-state index in [9.17, 15) is 9.90 Å². The molecule has 9 heteroatoms. The van der Waals surface area contributed by atoms with E-state index in [4.69, 9.17) is 5.41 Å². The largest absolute Gasteiger partial charge is 0.508 e. The lowest BCUT2D eigenvalue weighted by atomic mass is 10.1. The van der Waals surface area contributed by atoms with Gasteiger partial charge < -0.3 is 9.67 Å². The summed E-state index contributed by atoms with van der Waals surface area (Å²) in [7, 11) is 0. The predicted octanol–water partition coefficient (Wildman–Crippen LogP) is 3.86. The third-order valence-corrected chi connectivity index (χ3v) is 6.22. The van der Waals surface area contributed by atoms with Gasteiger partial charge in [-0.05, 0) is 79.7 Å². The number of nitrogens with zero attached hydrogens (tertiary/aromatic N) is 5. The highest BCUT2D eigenvalue weighted by Crippen LogP contribution is 2.31. The Labute approximate surface area is 188 Å². The predicted molar refractivity (Wildman–Crippen MR) is 125 cm³/mol. The maximum atomic E-state index is 12.8. The Morgan fingerprint density at radius 3 is 2.53 bits per heavy atom. The number of aromatic nitrogens is 2. The summed E-state index contributed by atoms with van der Waals surface area (Å²) in [6.45, 7) is 3.91. The second kappa shape index (κ2) is 7.61. The number of nitrogens with one attached hydrogen (secondary N) is 1. The number of phenols is 1. The highest BCUT2D eigenvalue weighted by molar-refractivity contribution is 8.27. The van der Waals surface area contributed by atoms with Crippen molar-refractivity contribution in [2.45, 2.75) is 13.8 Å². The summed E-state index contributed by atoms with van der Waals surface area (Å²) in [6.07, 6.45) is 5.03. The van der Waals surface area contributed by atoms with E-state index in [0.717, 1.165) is 28.2 Å². The Bertz CT molecular complexity index is 1350. The average Bonchev–Trinajstić information content (AvgIpc) is 3.33. The number of hydrogen-bond donors (Lipinski definition) is 2. The van der Waals surface area contributed by atoms with Gasteiger partial charge in [-0.1, -0.05) is 0 Å². The van der Waals surface area contributed by atoms with Gasteiger partial charge in [0.25, 0.3) is 5.91 Å². The number of amides is 1. The molecule has 3 aromatic rings. The fourth-order valence-corrected chi connectivity index (χ4v) is 4.59. The van der Waals surface area contributed by atoms with E-state index in [-0.39, 0.29) is 17.2 Å². The number of hydrazone groups is 1. The Hall–Kier alpha value is -3.98. The number of thioether (sulfide) groups is 1. The van der Waals surface area contributed by atoms with Crippen LogP contribution in [0.5, 0.6) is 5.75 Å². The summed E-state index contributed by atoms with van der Waals surface area (Å²) in [4.78, 5) is 20.9. The highest BCUT2D eigenvalue weighted by Gasteiger charge is 2.36. The zero-order valence-electron chi connectivity index (χ0n) is 17.3. The number of fused-ring (bicyclic) bond motifs is 1. The molecule has 0 fully saturated rings. The molecule has 2 aliphatic heterocycles. The van der Waals surface area contributed by atoms with Gasteiger partial charge >= 0.3 is 0 Å². The Kier molecular flexibility index (Phi) is 4.75. The van der Waals surface area contributed by atoms with Crippen molar-refractivity contribution in [1.29, 1.82) is 5.41 Å². The molecular weight excluding hydrogens is 424 g/mol. The van der Waals surface area contributed by atoms with Gasteiger partial charge in [-0.15, -0.1) is 0 Å². The van der Waals surface area contributed by atoms with E-state index in [1.807, 2.05) is 48.7 Å². The van der Waals surface area contributed by atoms with Crippen LogP contribution in [0.2, 0.25) is 0 Å². The normalized spacial score (nSPS) is 16.9. The lowest BCUT2D eigenvalue weighted by Crippen LogP contribution is -2.35. The second-order valence-electron chi connectivity index (χ2n) is 7.34. The lowest BCUT2D eigenvalue weighted by Gasteiger charge is -2.20. The van der Waals surface area contributed by atoms with Crippen LogP contribution in [-0.2, 0) is 4.79 Å². The number of pyridine rings is 1. The van der Waals surface area contributed by atoms with E-state index in [2.05, 4.69) is 15.1 Å². The molecule has 0 bridgehead atoms. The molecule has 0 atom stereocenters. The number of aromatic hydroxyl groups is 1. The average molecular weight is 443 g/mol.